The number of fused-ring (bicyclic) bond motifs is 2. The van der Waals surface area contributed by atoms with Crippen molar-refractivity contribution in [3.05, 3.63) is 92.7 Å². The van der Waals surface area contributed by atoms with E-state index in [1.807, 2.05) is 24.3 Å². The minimum Gasteiger partial charge on any atom is -0.481 e. The third-order valence-electron chi connectivity index (χ3n) is 5.10. The van der Waals surface area contributed by atoms with Crippen molar-refractivity contribution in [2.45, 2.75) is 0 Å². The number of hydrogen-bond donors (Lipinski definition) is 1. The third kappa shape index (κ3) is 4.49. The van der Waals surface area contributed by atoms with E-state index in [-0.39, 0.29) is 33.8 Å². The Balaban J connectivity index is 1.62. The van der Waals surface area contributed by atoms with Crippen LogP contribution < -0.4 is 16.0 Å². The van der Waals surface area contributed by atoms with Crippen LogP contribution in [0.25, 0.3) is 33.5 Å². The van der Waals surface area contributed by atoms with Crippen LogP contribution in [-0.4, -0.2) is 28.4 Å². The molecule has 0 aliphatic rings. The molecule has 0 unspecified atom stereocenters. The average Bonchev–Trinajstić information content (AvgIpc) is 3.27. The highest BCUT2D eigenvalue weighted by Gasteiger charge is 2.17. The third-order valence-corrected chi connectivity index (χ3v) is 5.66. The normalized spacial score (nSPS) is 11.5. The van der Waals surface area contributed by atoms with Gasteiger partial charge in [-0.3, -0.25) is 9.59 Å². The zero-order valence-electron chi connectivity index (χ0n) is 17.9. The predicted molar refractivity (Wildman–Crippen MR) is 135 cm³/mol. The number of benzene rings is 3. The highest BCUT2D eigenvalue weighted by molar-refractivity contribution is 6.37. The molecular weight excluding hydrogens is 491 g/mol. The van der Waals surface area contributed by atoms with Crippen molar-refractivity contribution in [3.63, 3.8) is 0 Å². The molecule has 3 aromatic carbocycles. The molecular formula is C25H16Cl2N4O4. The lowest BCUT2D eigenvalue weighted by molar-refractivity contribution is -0.119. The molecule has 0 aliphatic carbocycles. The molecule has 5 aromatic rings. The average molecular weight is 507 g/mol. The molecule has 0 spiro atoms. The van der Waals surface area contributed by atoms with E-state index in [9.17, 15) is 9.59 Å². The van der Waals surface area contributed by atoms with Gasteiger partial charge in [0, 0.05) is 5.39 Å². The van der Waals surface area contributed by atoms with E-state index in [1.54, 1.807) is 30.3 Å². The number of carbonyl (C=O) groups excluding carboxylic acids is 1. The standard InChI is InChI=1S/C25H16Cl2N4O4/c26-17-9-14(10-18(27)23(17)34-13-22(28)32)12-29-31-24(21-11-15-5-1-4-8-20(15)35-21)30-19-7-3-2-6-16(19)25(31)33/h1-12H,13H2,(H2,28,32). The number of nitrogens with zero attached hydrogens (tertiary/aromatic N) is 3. The maximum absolute atomic E-state index is 13.3. The van der Waals surface area contributed by atoms with E-state index >= 15 is 0 Å². The molecule has 174 valence electrons. The fourth-order valence-electron chi connectivity index (χ4n) is 3.54. The smallest absolute Gasteiger partial charge is 0.282 e. The number of aromatic nitrogens is 2. The lowest BCUT2D eigenvalue weighted by Crippen LogP contribution is -2.20. The maximum atomic E-state index is 13.3. The predicted octanol–water partition coefficient (Wildman–Crippen LogP) is 4.86. The first-order valence-electron chi connectivity index (χ1n) is 10.4. The molecule has 0 saturated carbocycles. The first kappa shape index (κ1) is 22.6. The number of primary amides is 1. The van der Waals surface area contributed by atoms with E-state index in [4.69, 9.17) is 38.1 Å². The van der Waals surface area contributed by atoms with Gasteiger partial charge in [0.05, 0.1) is 27.2 Å². The molecule has 35 heavy (non-hydrogen) atoms. The minimum absolute atomic E-state index is 0.122. The Kier molecular flexibility index (Phi) is 5.98. The van der Waals surface area contributed by atoms with Crippen LogP contribution in [0.15, 0.2) is 81.0 Å². The summed E-state index contributed by atoms with van der Waals surface area (Å²) >= 11 is 12.5. The van der Waals surface area contributed by atoms with Gasteiger partial charge in [0.25, 0.3) is 11.5 Å². The van der Waals surface area contributed by atoms with Gasteiger partial charge in [0.1, 0.15) is 5.58 Å². The van der Waals surface area contributed by atoms with E-state index in [2.05, 4.69) is 10.1 Å². The summed E-state index contributed by atoms with van der Waals surface area (Å²) in [6.07, 6.45) is 1.42. The summed E-state index contributed by atoms with van der Waals surface area (Å²) in [6, 6.07) is 19.3. The van der Waals surface area contributed by atoms with Crippen LogP contribution in [0.4, 0.5) is 0 Å². The van der Waals surface area contributed by atoms with Crippen molar-refractivity contribution < 1.29 is 13.9 Å². The zero-order valence-corrected chi connectivity index (χ0v) is 19.5. The Morgan fingerprint density at radius 3 is 2.54 bits per heavy atom. The summed E-state index contributed by atoms with van der Waals surface area (Å²) < 4.78 is 12.4. The number of rotatable bonds is 6. The number of para-hydroxylation sites is 2. The zero-order chi connectivity index (χ0) is 24.5. The number of ether oxygens (including phenoxy) is 1. The Hall–Kier alpha value is -4.14. The molecule has 1 amide bonds. The van der Waals surface area contributed by atoms with Crippen LogP contribution in [-0.2, 0) is 4.79 Å². The Labute approximate surface area is 208 Å². The van der Waals surface area contributed by atoms with E-state index in [1.165, 1.54) is 23.0 Å². The van der Waals surface area contributed by atoms with Crippen molar-refractivity contribution in [2.75, 3.05) is 6.61 Å². The second kappa shape index (κ2) is 9.25. The van der Waals surface area contributed by atoms with Crippen LogP contribution in [0.1, 0.15) is 5.56 Å². The summed E-state index contributed by atoms with van der Waals surface area (Å²) in [5.74, 6) is 0.0816. The van der Waals surface area contributed by atoms with Gasteiger partial charge < -0.3 is 14.9 Å². The molecule has 10 heteroatoms. The second-order valence-corrected chi connectivity index (χ2v) is 8.35. The van der Waals surface area contributed by atoms with E-state index in [0.717, 1.165) is 5.39 Å². The minimum atomic E-state index is -0.663. The van der Waals surface area contributed by atoms with Gasteiger partial charge in [-0.2, -0.15) is 9.78 Å². The summed E-state index contributed by atoms with van der Waals surface area (Å²) in [7, 11) is 0. The molecule has 0 atom stereocenters. The summed E-state index contributed by atoms with van der Waals surface area (Å²) in [5, 5.41) is 5.96. The molecule has 0 aliphatic heterocycles. The molecule has 0 saturated heterocycles. The Morgan fingerprint density at radius 1 is 1.09 bits per heavy atom. The molecule has 2 heterocycles. The fraction of sp³-hybridized carbons (Fsp3) is 0.0400. The largest absolute Gasteiger partial charge is 0.481 e. The Bertz CT molecular complexity index is 1630. The van der Waals surface area contributed by atoms with E-state index in [0.29, 0.717) is 27.8 Å². The molecule has 5 rings (SSSR count). The number of carbonyl (C=O) groups is 1. The van der Waals surface area contributed by atoms with Crippen LogP contribution in [0.5, 0.6) is 5.75 Å². The summed E-state index contributed by atoms with van der Waals surface area (Å²) in [4.78, 5) is 29.0. The lowest BCUT2D eigenvalue weighted by Gasteiger charge is -2.10. The number of amides is 1. The van der Waals surface area contributed by atoms with Gasteiger partial charge in [-0.05, 0) is 42.0 Å². The maximum Gasteiger partial charge on any atom is 0.282 e. The van der Waals surface area contributed by atoms with Crippen molar-refractivity contribution in [1.29, 1.82) is 0 Å². The van der Waals surface area contributed by atoms with Crippen LogP contribution in [0, 0.1) is 0 Å². The SMILES string of the molecule is NC(=O)COc1c(Cl)cc(C=Nn2c(-c3cc4ccccc4o3)nc3ccccc3c2=O)cc1Cl. The summed E-state index contributed by atoms with van der Waals surface area (Å²) in [6.45, 7) is -0.369. The monoisotopic (exact) mass is 506 g/mol. The molecule has 8 nitrogen and oxygen atoms in total. The second-order valence-electron chi connectivity index (χ2n) is 7.53. The molecule has 0 fully saturated rings. The first-order valence-corrected chi connectivity index (χ1v) is 11.1. The summed E-state index contributed by atoms with van der Waals surface area (Å²) in [5.41, 5.74) is 6.39. The van der Waals surface area contributed by atoms with Gasteiger partial charge in [-0.15, -0.1) is 0 Å². The molecule has 0 radical (unpaired) electrons. The lowest BCUT2D eigenvalue weighted by atomic mass is 10.2. The van der Waals surface area contributed by atoms with Crippen molar-refractivity contribution in [1.82, 2.24) is 9.66 Å². The molecule has 2 N–H and O–H groups in total. The van der Waals surface area contributed by atoms with Crippen LogP contribution in [0.2, 0.25) is 10.0 Å². The van der Waals surface area contributed by atoms with Gasteiger partial charge in [-0.25, -0.2) is 4.98 Å². The molecule has 2 aromatic heterocycles. The number of nitrogens with two attached hydrogens (primary N) is 1. The van der Waals surface area contributed by atoms with Crippen molar-refractivity contribution >= 4 is 57.2 Å². The van der Waals surface area contributed by atoms with Gasteiger partial charge in [-0.1, -0.05) is 53.5 Å². The highest BCUT2D eigenvalue weighted by atomic mass is 35.5. The fourth-order valence-corrected chi connectivity index (χ4v) is 4.16. The van der Waals surface area contributed by atoms with Gasteiger partial charge >= 0.3 is 0 Å². The van der Waals surface area contributed by atoms with Crippen molar-refractivity contribution in [3.8, 4) is 17.3 Å². The quantitative estimate of drug-likeness (QED) is 0.330. The van der Waals surface area contributed by atoms with Crippen LogP contribution in [0.3, 0.4) is 0 Å². The number of halogens is 2. The van der Waals surface area contributed by atoms with Gasteiger partial charge in [0.15, 0.2) is 18.1 Å². The number of furan rings is 1. The van der Waals surface area contributed by atoms with Crippen molar-refractivity contribution in [2.24, 2.45) is 10.8 Å². The topological polar surface area (TPSA) is 113 Å². The first-order chi connectivity index (χ1) is 16.9. The Morgan fingerprint density at radius 2 is 1.80 bits per heavy atom. The number of hydrogen-bond acceptors (Lipinski definition) is 6. The van der Waals surface area contributed by atoms with Crippen LogP contribution >= 0.6 is 23.2 Å². The molecule has 0 bridgehead atoms. The van der Waals surface area contributed by atoms with Gasteiger partial charge in [0.2, 0.25) is 5.82 Å². The highest BCUT2D eigenvalue weighted by Crippen LogP contribution is 2.34. The van der Waals surface area contributed by atoms with E-state index < -0.39 is 5.91 Å².